The minimum absolute atomic E-state index is 0.0287. The summed E-state index contributed by atoms with van der Waals surface area (Å²) in [6.07, 6.45) is 5.44. The molecule has 1 aliphatic rings. The quantitative estimate of drug-likeness (QED) is 0.536. The molecule has 1 aliphatic carbocycles. The summed E-state index contributed by atoms with van der Waals surface area (Å²) in [7, 11) is 1.94. The molecule has 4 aromatic rings. The molecule has 0 fully saturated rings. The number of aryl methyl sites for hydroxylation is 1. The van der Waals surface area contributed by atoms with E-state index in [0.717, 1.165) is 50.5 Å². The maximum absolute atomic E-state index is 13.0. The van der Waals surface area contributed by atoms with Crippen molar-refractivity contribution in [1.82, 2.24) is 25.1 Å². The largest absolute Gasteiger partial charge is 0.344 e. The van der Waals surface area contributed by atoms with Gasteiger partial charge in [-0.05, 0) is 55.7 Å². The smallest absolute Gasteiger partial charge is 0.268 e. The summed E-state index contributed by atoms with van der Waals surface area (Å²) in [4.78, 5) is 19.6. The van der Waals surface area contributed by atoms with Gasteiger partial charge in [0.05, 0.1) is 17.8 Å². The minimum Gasteiger partial charge on any atom is -0.344 e. The molecule has 0 aliphatic heterocycles. The molecule has 1 amide bonds. The van der Waals surface area contributed by atoms with Crippen LogP contribution in [0.5, 0.6) is 0 Å². The van der Waals surface area contributed by atoms with Crippen molar-refractivity contribution >= 4 is 28.6 Å². The third-order valence-corrected chi connectivity index (χ3v) is 6.76. The van der Waals surface area contributed by atoms with Gasteiger partial charge in [0.2, 0.25) is 0 Å². The molecule has 1 aromatic carbocycles. The van der Waals surface area contributed by atoms with Gasteiger partial charge >= 0.3 is 0 Å². The average molecular weight is 404 g/mol. The molecule has 2 N–H and O–H groups in total. The van der Waals surface area contributed by atoms with E-state index in [1.807, 2.05) is 49.1 Å². The third-order valence-electron chi connectivity index (χ3n) is 5.64. The van der Waals surface area contributed by atoms with E-state index in [0.29, 0.717) is 5.69 Å². The second kappa shape index (κ2) is 7.08. The highest BCUT2D eigenvalue weighted by atomic mass is 32.2. The van der Waals surface area contributed by atoms with Gasteiger partial charge in [0.1, 0.15) is 5.69 Å². The van der Waals surface area contributed by atoms with E-state index in [9.17, 15) is 4.79 Å². The fraction of sp³-hybridized carbons (Fsp3) is 0.227. The average Bonchev–Trinajstić information content (AvgIpc) is 3.42. The number of benzene rings is 1. The second-order valence-corrected chi connectivity index (χ2v) is 8.48. The van der Waals surface area contributed by atoms with Gasteiger partial charge in [0.15, 0.2) is 0 Å². The Balaban J connectivity index is 1.38. The zero-order chi connectivity index (χ0) is 20.0. The SMILES string of the molecule is Cc1c(Sc2ccc3[nH]ncc3c2)cc(C(=O)NC2CCc3ncccc32)n1C. The van der Waals surface area contributed by atoms with Crippen LogP contribution in [0.15, 0.2) is 58.6 Å². The highest BCUT2D eigenvalue weighted by Crippen LogP contribution is 2.34. The van der Waals surface area contributed by atoms with Crippen LogP contribution in [0.25, 0.3) is 10.9 Å². The predicted molar refractivity (Wildman–Crippen MR) is 113 cm³/mol. The lowest BCUT2D eigenvalue weighted by Gasteiger charge is -2.14. The number of rotatable bonds is 4. The van der Waals surface area contributed by atoms with Crippen LogP contribution in [-0.4, -0.2) is 25.7 Å². The van der Waals surface area contributed by atoms with Crippen molar-refractivity contribution in [2.45, 2.75) is 35.6 Å². The van der Waals surface area contributed by atoms with Gasteiger partial charge in [-0.15, -0.1) is 0 Å². The number of hydrogen-bond acceptors (Lipinski definition) is 4. The number of carbonyl (C=O) groups is 1. The summed E-state index contributed by atoms with van der Waals surface area (Å²) in [5.74, 6) is -0.0468. The fourth-order valence-electron chi connectivity index (χ4n) is 3.90. The number of nitrogens with one attached hydrogen (secondary N) is 2. The number of carbonyl (C=O) groups excluding carboxylic acids is 1. The molecule has 0 radical (unpaired) electrons. The molecule has 7 heteroatoms. The summed E-state index contributed by atoms with van der Waals surface area (Å²) in [5.41, 5.74) is 4.99. The van der Waals surface area contributed by atoms with Gasteiger partial charge in [-0.25, -0.2) is 0 Å². The number of H-pyrrole nitrogens is 1. The van der Waals surface area contributed by atoms with Gasteiger partial charge in [0.25, 0.3) is 5.91 Å². The molecular weight excluding hydrogens is 382 g/mol. The molecule has 1 atom stereocenters. The van der Waals surface area contributed by atoms with Crippen molar-refractivity contribution in [2.75, 3.05) is 0 Å². The summed E-state index contributed by atoms with van der Waals surface area (Å²) in [6.45, 7) is 2.05. The Bertz CT molecular complexity index is 1230. The molecule has 6 nitrogen and oxygen atoms in total. The van der Waals surface area contributed by atoms with Crippen LogP contribution in [-0.2, 0) is 13.5 Å². The number of amides is 1. The van der Waals surface area contributed by atoms with Crippen LogP contribution >= 0.6 is 11.8 Å². The molecule has 29 heavy (non-hydrogen) atoms. The maximum Gasteiger partial charge on any atom is 0.268 e. The Morgan fingerprint density at radius 2 is 2.21 bits per heavy atom. The summed E-state index contributed by atoms with van der Waals surface area (Å²) >= 11 is 1.66. The van der Waals surface area contributed by atoms with Crippen molar-refractivity contribution in [3.63, 3.8) is 0 Å². The Morgan fingerprint density at radius 3 is 3.10 bits per heavy atom. The van der Waals surface area contributed by atoms with Gasteiger partial charge in [-0.2, -0.15) is 5.10 Å². The lowest BCUT2D eigenvalue weighted by atomic mass is 10.1. The van der Waals surface area contributed by atoms with Crippen LogP contribution in [0, 0.1) is 6.92 Å². The van der Waals surface area contributed by atoms with Crippen molar-refractivity contribution in [2.24, 2.45) is 7.05 Å². The summed E-state index contributed by atoms with van der Waals surface area (Å²) in [6, 6.07) is 12.2. The predicted octanol–water partition coefficient (Wildman–Crippen LogP) is 4.17. The first kappa shape index (κ1) is 18.0. The number of fused-ring (bicyclic) bond motifs is 2. The second-order valence-electron chi connectivity index (χ2n) is 7.36. The number of nitrogens with zero attached hydrogens (tertiary/aromatic N) is 3. The molecule has 146 valence electrons. The lowest BCUT2D eigenvalue weighted by Crippen LogP contribution is -2.28. The van der Waals surface area contributed by atoms with E-state index in [4.69, 9.17) is 0 Å². The molecule has 1 unspecified atom stereocenters. The van der Waals surface area contributed by atoms with E-state index in [-0.39, 0.29) is 11.9 Å². The van der Waals surface area contributed by atoms with Gasteiger partial charge in [-0.1, -0.05) is 17.8 Å². The van der Waals surface area contributed by atoms with Gasteiger partial charge < -0.3 is 9.88 Å². The first-order valence-electron chi connectivity index (χ1n) is 9.62. The standard InChI is InChI=1S/C22H21N5OS/c1-13-21(29-15-5-6-17-14(10-15)12-24-26-17)11-20(27(13)2)22(28)25-19-8-7-18-16(19)4-3-9-23-18/h3-6,9-12,19H,7-8H2,1-2H3,(H,24,26)(H,25,28). The maximum atomic E-state index is 13.0. The lowest BCUT2D eigenvalue weighted by molar-refractivity contribution is 0.0928. The summed E-state index contributed by atoms with van der Waals surface area (Å²) < 4.78 is 1.97. The van der Waals surface area contributed by atoms with Crippen LogP contribution in [0.2, 0.25) is 0 Å². The molecule has 3 heterocycles. The van der Waals surface area contributed by atoms with E-state index in [1.165, 1.54) is 0 Å². The number of aromatic nitrogens is 4. The van der Waals surface area contributed by atoms with Crippen LogP contribution < -0.4 is 5.32 Å². The third kappa shape index (κ3) is 3.21. The number of aromatic amines is 1. The van der Waals surface area contributed by atoms with Crippen molar-refractivity contribution in [1.29, 1.82) is 0 Å². The molecule has 0 bridgehead atoms. The van der Waals surface area contributed by atoms with E-state index in [1.54, 1.807) is 11.8 Å². The van der Waals surface area contributed by atoms with Gasteiger partial charge in [-0.3, -0.25) is 14.9 Å². The molecule has 0 spiro atoms. The Morgan fingerprint density at radius 1 is 1.31 bits per heavy atom. The number of hydrogen-bond donors (Lipinski definition) is 2. The first-order valence-corrected chi connectivity index (χ1v) is 10.4. The molecule has 0 saturated heterocycles. The zero-order valence-electron chi connectivity index (χ0n) is 16.3. The zero-order valence-corrected chi connectivity index (χ0v) is 17.1. The normalized spacial score (nSPS) is 15.6. The molecular formula is C22H21N5OS. The van der Waals surface area contributed by atoms with Gasteiger partial charge in [0, 0.05) is 39.8 Å². The van der Waals surface area contributed by atoms with E-state index < -0.39 is 0 Å². The highest BCUT2D eigenvalue weighted by molar-refractivity contribution is 7.99. The monoisotopic (exact) mass is 403 g/mol. The molecule has 5 rings (SSSR count). The molecule has 3 aromatic heterocycles. The Hall–Kier alpha value is -3.06. The van der Waals surface area contributed by atoms with Crippen LogP contribution in [0.4, 0.5) is 0 Å². The first-order chi connectivity index (χ1) is 14.1. The van der Waals surface area contributed by atoms with Crippen LogP contribution in [0.1, 0.15) is 39.9 Å². The molecule has 0 saturated carbocycles. The van der Waals surface area contributed by atoms with E-state index >= 15 is 0 Å². The summed E-state index contributed by atoms with van der Waals surface area (Å²) in [5, 5.41) is 11.3. The highest BCUT2D eigenvalue weighted by Gasteiger charge is 2.26. The van der Waals surface area contributed by atoms with Crippen LogP contribution in [0.3, 0.4) is 0 Å². The van der Waals surface area contributed by atoms with E-state index in [2.05, 4.69) is 38.7 Å². The van der Waals surface area contributed by atoms with Crippen molar-refractivity contribution < 1.29 is 4.79 Å². The topological polar surface area (TPSA) is 75.6 Å². The van der Waals surface area contributed by atoms with Crippen molar-refractivity contribution in [3.8, 4) is 0 Å². The Kier molecular flexibility index (Phi) is 4.39. The van der Waals surface area contributed by atoms with Crippen molar-refractivity contribution in [3.05, 3.63) is 71.4 Å². The fourth-order valence-corrected chi connectivity index (χ4v) is 4.93. The minimum atomic E-state index is -0.0468. The Labute approximate surface area is 172 Å². The number of pyridine rings is 1.